The summed E-state index contributed by atoms with van der Waals surface area (Å²) in [6.45, 7) is 10.8. The molecule has 0 atom stereocenters. The second-order valence-corrected chi connectivity index (χ2v) is 12.9. The molecule has 1 aromatic carbocycles. The molecule has 42 heavy (non-hydrogen) atoms. The van der Waals surface area contributed by atoms with Crippen LogP contribution in [-0.4, -0.2) is 53.8 Å². The van der Waals surface area contributed by atoms with Crippen molar-refractivity contribution in [1.82, 2.24) is 29.0 Å². The number of aryl methyl sites for hydroxylation is 2. The molecule has 9 nitrogen and oxygen atoms in total. The van der Waals surface area contributed by atoms with Crippen LogP contribution in [0.3, 0.4) is 0 Å². The summed E-state index contributed by atoms with van der Waals surface area (Å²) in [5.74, 6) is 1.53. The van der Waals surface area contributed by atoms with Crippen molar-refractivity contribution in [1.29, 1.82) is 0 Å². The lowest BCUT2D eigenvalue weighted by Gasteiger charge is -2.46. The molecule has 0 bridgehead atoms. The van der Waals surface area contributed by atoms with Gasteiger partial charge < -0.3 is 14.2 Å². The number of hydrogen-bond acceptors (Lipinski definition) is 6. The van der Waals surface area contributed by atoms with Crippen LogP contribution in [0.25, 0.3) is 22.3 Å². The fourth-order valence-corrected chi connectivity index (χ4v) is 6.54. The first-order chi connectivity index (χ1) is 19.9. The van der Waals surface area contributed by atoms with Gasteiger partial charge in [-0.2, -0.15) is 0 Å². The van der Waals surface area contributed by atoms with Crippen LogP contribution in [0, 0.1) is 12.8 Å². The van der Waals surface area contributed by atoms with Crippen LogP contribution in [0.2, 0.25) is 0 Å². The molecule has 1 saturated carbocycles. The normalized spacial score (nSPS) is 20.8. The van der Waals surface area contributed by atoms with E-state index in [2.05, 4.69) is 35.3 Å². The van der Waals surface area contributed by atoms with E-state index in [9.17, 15) is 9.59 Å². The smallest absolute Gasteiger partial charge is 0.410 e. The zero-order valence-corrected chi connectivity index (χ0v) is 25.2. The Bertz CT molecular complexity index is 1770. The van der Waals surface area contributed by atoms with Crippen molar-refractivity contribution in [3.8, 4) is 11.1 Å². The quantitative estimate of drug-likeness (QED) is 0.322. The standard InChI is InChI=1S/C33H38N6O3/c1-21-15-33(16-21,30-36-35-20-37(30)6)26-11-7-9-23(14-26)27-17-34-28-22(2)13-25(19-39(28)29(27)40)24-10-8-12-38(18-24)31(41)42-32(3,4)5/h7,9-11,13-14,17,19-21H,8,12,15-16,18H2,1-6H3. The van der Waals surface area contributed by atoms with Crippen LogP contribution < -0.4 is 5.56 Å². The maximum Gasteiger partial charge on any atom is 0.410 e. The van der Waals surface area contributed by atoms with Gasteiger partial charge in [-0.1, -0.05) is 31.2 Å². The highest BCUT2D eigenvalue weighted by Gasteiger charge is 2.48. The third kappa shape index (κ3) is 4.91. The van der Waals surface area contributed by atoms with Crippen LogP contribution in [0.4, 0.5) is 4.79 Å². The zero-order chi connectivity index (χ0) is 29.8. The number of rotatable bonds is 4. The molecule has 1 aliphatic heterocycles. The van der Waals surface area contributed by atoms with Crippen molar-refractivity contribution in [3.63, 3.8) is 0 Å². The molecule has 3 aromatic heterocycles. The fourth-order valence-electron chi connectivity index (χ4n) is 6.54. The molecule has 9 heteroatoms. The first-order valence-electron chi connectivity index (χ1n) is 14.6. The zero-order valence-electron chi connectivity index (χ0n) is 25.2. The number of carbonyl (C=O) groups excluding carboxylic acids is 1. The minimum atomic E-state index is -0.560. The summed E-state index contributed by atoms with van der Waals surface area (Å²) in [5, 5.41) is 8.63. The number of nitrogens with zero attached hydrogens (tertiary/aromatic N) is 6. The van der Waals surface area contributed by atoms with E-state index in [4.69, 9.17) is 9.72 Å². The Balaban J connectivity index is 1.37. The average molecular weight is 567 g/mol. The SMILES string of the molecule is Cc1cc(C2=CCCN(C(=O)OC(C)(C)C)C2)cn2c(=O)c(-c3cccc(C4(c5nncn5C)CC(C)C4)c3)cnc12. The van der Waals surface area contributed by atoms with Gasteiger partial charge in [0.1, 0.15) is 23.4 Å². The van der Waals surface area contributed by atoms with Crippen molar-refractivity contribution in [2.24, 2.45) is 13.0 Å². The number of benzene rings is 1. The van der Waals surface area contributed by atoms with Gasteiger partial charge in [0.25, 0.3) is 5.56 Å². The maximum absolute atomic E-state index is 14.0. The van der Waals surface area contributed by atoms with Crippen LogP contribution in [0.5, 0.6) is 0 Å². The van der Waals surface area contributed by atoms with Gasteiger partial charge in [-0.15, -0.1) is 10.2 Å². The molecular formula is C33H38N6O3. The molecule has 0 unspecified atom stereocenters. The summed E-state index contributed by atoms with van der Waals surface area (Å²) in [6, 6.07) is 10.3. The van der Waals surface area contributed by atoms with E-state index in [1.165, 1.54) is 0 Å². The molecule has 218 valence electrons. The van der Waals surface area contributed by atoms with Crippen molar-refractivity contribution in [2.75, 3.05) is 13.1 Å². The van der Waals surface area contributed by atoms with Gasteiger partial charge in [-0.3, -0.25) is 9.20 Å². The Morgan fingerprint density at radius 2 is 1.93 bits per heavy atom. The minimum absolute atomic E-state index is 0.128. The van der Waals surface area contributed by atoms with Gasteiger partial charge in [-0.25, -0.2) is 9.78 Å². The van der Waals surface area contributed by atoms with Gasteiger partial charge in [0.2, 0.25) is 0 Å². The van der Waals surface area contributed by atoms with E-state index in [1.807, 2.05) is 63.7 Å². The van der Waals surface area contributed by atoms with Crippen molar-refractivity contribution < 1.29 is 9.53 Å². The molecule has 4 aromatic rings. The third-order valence-corrected chi connectivity index (χ3v) is 8.42. The van der Waals surface area contributed by atoms with E-state index in [0.717, 1.165) is 52.9 Å². The van der Waals surface area contributed by atoms with E-state index >= 15 is 0 Å². The van der Waals surface area contributed by atoms with Gasteiger partial charge in [-0.05, 0) is 92.8 Å². The first kappa shape index (κ1) is 27.9. The average Bonchev–Trinajstić information content (AvgIpc) is 3.36. The monoisotopic (exact) mass is 566 g/mol. The Labute approximate surface area is 245 Å². The second-order valence-electron chi connectivity index (χ2n) is 12.9. The number of aromatic nitrogens is 5. The third-order valence-electron chi connectivity index (χ3n) is 8.42. The Kier molecular flexibility index (Phi) is 6.78. The molecule has 0 spiro atoms. The van der Waals surface area contributed by atoms with E-state index in [-0.39, 0.29) is 17.1 Å². The van der Waals surface area contributed by atoms with E-state index < -0.39 is 5.60 Å². The molecule has 0 N–H and O–H groups in total. The summed E-state index contributed by atoms with van der Waals surface area (Å²) in [4.78, 5) is 33.2. The number of ether oxygens (including phenoxy) is 1. The second kappa shape index (κ2) is 10.2. The van der Waals surface area contributed by atoms with Gasteiger partial charge in [0, 0.05) is 32.5 Å². The molecule has 0 saturated heterocycles. The number of carbonyl (C=O) groups is 1. The Morgan fingerprint density at radius 1 is 1.14 bits per heavy atom. The van der Waals surface area contributed by atoms with Gasteiger partial charge in [0.15, 0.2) is 0 Å². The molecule has 1 fully saturated rings. The van der Waals surface area contributed by atoms with Crippen molar-refractivity contribution >= 4 is 17.3 Å². The Hall–Kier alpha value is -4.27. The summed E-state index contributed by atoms with van der Waals surface area (Å²) in [5.41, 5.74) is 4.99. The lowest BCUT2D eigenvalue weighted by molar-refractivity contribution is 0.0273. The van der Waals surface area contributed by atoms with Crippen LogP contribution in [0.15, 0.2) is 59.9 Å². The Morgan fingerprint density at radius 3 is 2.62 bits per heavy atom. The highest BCUT2D eigenvalue weighted by atomic mass is 16.6. The molecule has 0 radical (unpaired) electrons. The topological polar surface area (TPSA) is 94.6 Å². The lowest BCUT2D eigenvalue weighted by Crippen LogP contribution is -2.43. The van der Waals surface area contributed by atoms with Crippen LogP contribution in [0.1, 0.15) is 69.5 Å². The molecule has 1 aliphatic carbocycles. The maximum atomic E-state index is 14.0. The lowest BCUT2D eigenvalue weighted by atomic mass is 9.58. The van der Waals surface area contributed by atoms with Crippen LogP contribution in [-0.2, 0) is 17.2 Å². The predicted octanol–water partition coefficient (Wildman–Crippen LogP) is 5.54. The largest absolute Gasteiger partial charge is 0.444 e. The first-order valence-corrected chi connectivity index (χ1v) is 14.6. The van der Waals surface area contributed by atoms with Crippen molar-refractivity contribution in [3.05, 3.63) is 88.0 Å². The number of fused-ring (bicyclic) bond motifs is 1. The summed E-state index contributed by atoms with van der Waals surface area (Å²) in [6.07, 6.45) is 9.78. The molecular weight excluding hydrogens is 528 g/mol. The van der Waals surface area contributed by atoms with E-state index in [1.54, 1.807) is 21.8 Å². The number of pyridine rings is 1. The highest BCUT2D eigenvalue weighted by Crippen LogP contribution is 2.51. The minimum Gasteiger partial charge on any atom is -0.444 e. The molecule has 6 rings (SSSR count). The van der Waals surface area contributed by atoms with Crippen LogP contribution >= 0.6 is 0 Å². The van der Waals surface area contributed by atoms with Crippen molar-refractivity contribution in [2.45, 2.75) is 64.9 Å². The summed E-state index contributed by atoms with van der Waals surface area (Å²) < 4.78 is 9.25. The molecule has 2 aliphatic rings. The summed E-state index contributed by atoms with van der Waals surface area (Å²) >= 11 is 0. The number of amides is 1. The van der Waals surface area contributed by atoms with Gasteiger partial charge in [0.05, 0.1) is 11.0 Å². The fraction of sp³-hybridized carbons (Fsp3) is 0.424. The summed E-state index contributed by atoms with van der Waals surface area (Å²) in [7, 11) is 1.98. The molecule has 1 amide bonds. The molecule has 4 heterocycles. The van der Waals surface area contributed by atoms with E-state index in [0.29, 0.717) is 30.2 Å². The predicted molar refractivity (Wildman–Crippen MR) is 162 cm³/mol. The van der Waals surface area contributed by atoms with Gasteiger partial charge >= 0.3 is 6.09 Å². The number of hydrogen-bond donors (Lipinski definition) is 0. The highest BCUT2D eigenvalue weighted by molar-refractivity contribution is 5.76.